The molecule has 1 amide bonds. The van der Waals surface area contributed by atoms with E-state index in [0.717, 1.165) is 16.0 Å². The van der Waals surface area contributed by atoms with Gasteiger partial charge in [-0.25, -0.2) is 0 Å². The Morgan fingerprint density at radius 2 is 1.66 bits per heavy atom. The molecule has 0 saturated carbocycles. The third kappa shape index (κ3) is 6.14. The maximum atomic E-state index is 12.4. The van der Waals surface area contributed by atoms with Crippen LogP contribution in [0.2, 0.25) is 0 Å². The number of hydrogen-bond acceptors (Lipinski definition) is 5. The van der Waals surface area contributed by atoms with E-state index in [1.54, 1.807) is 24.3 Å². The van der Waals surface area contributed by atoms with E-state index in [1.807, 2.05) is 48.5 Å². The van der Waals surface area contributed by atoms with Crippen molar-refractivity contribution in [2.75, 3.05) is 0 Å². The van der Waals surface area contributed by atoms with E-state index >= 15 is 0 Å². The van der Waals surface area contributed by atoms with Crippen LogP contribution in [0.15, 0.2) is 83.0 Å². The number of nitrogens with one attached hydrogen (secondary N) is 1. The summed E-state index contributed by atoms with van der Waals surface area (Å²) in [5, 5.41) is 25.9. The number of benzene rings is 3. The number of para-hydroxylation sites is 1. The largest absolute Gasteiger partial charge is 0.493 e. The van der Waals surface area contributed by atoms with Gasteiger partial charge in [-0.2, -0.15) is 0 Å². The number of azo groups is 1. The highest BCUT2D eigenvalue weighted by molar-refractivity contribution is 14.1. The molecule has 0 aliphatic heterocycles. The van der Waals surface area contributed by atoms with Crippen molar-refractivity contribution < 1.29 is 24.5 Å². The Bertz CT molecular complexity index is 1280. The minimum Gasteiger partial charge on any atom is -0.493 e. The van der Waals surface area contributed by atoms with Gasteiger partial charge in [0.2, 0.25) is 5.88 Å². The van der Waals surface area contributed by atoms with Crippen LogP contribution in [0.5, 0.6) is 17.4 Å². The molecular weight excluding hydrogens is 525 g/mol. The zero-order valence-electron chi connectivity index (χ0n) is 16.8. The SMILES string of the molecule is CC(=O)O.O=C(N=Nc1c(O)[nH]c2ccc(I)cc12)c1cccc(Oc2ccccc2)c1. The average molecular weight is 543 g/mol. The number of carboxylic acids is 1. The number of ether oxygens (including phenoxy) is 1. The van der Waals surface area contributed by atoms with Gasteiger partial charge in [0.15, 0.2) is 5.69 Å². The van der Waals surface area contributed by atoms with Crippen LogP contribution >= 0.6 is 22.6 Å². The lowest BCUT2D eigenvalue weighted by molar-refractivity contribution is -0.134. The van der Waals surface area contributed by atoms with E-state index in [4.69, 9.17) is 14.6 Å². The Labute approximate surface area is 196 Å². The highest BCUT2D eigenvalue weighted by Crippen LogP contribution is 2.36. The van der Waals surface area contributed by atoms with Gasteiger partial charge in [0.05, 0.1) is 5.52 Å². The summed E-state index contributed by atoms with van der Waals surface area (Å²) < 4.78 is 6.72. The summed E-state index contributed by atoms with van der Waals surface area (Å²) in [4.78, 5) is 24.3. The number of carboxylic acid groups (broad SMARTS) is 1. The molecule has 1 aromatic heterocycles. The minimum absolute atomic E-state index is 0.130. The van der Waals surface area contributed by atoms with Crippen molar-refractivity contribution >= 4 is 51.1 Å². The van der Waals surface area contributed by atoms with Crippen LogP contribution in [0.1, 0.15) is 17.3 Å². The number of aromatic hydroxyl groups is 1. The van der Waals surface area contributed by atoms with Crippen LogP contribution in [0, 0.1) is 3.57 Å². The summed E-state index contributed by atoms with van der Waals surface area (Å²) in [5.41, 5.74) is 1.29. The molecule has 0 atom stereocenters. The lowest BCUT2D eigenvalue weighted by Gasteiger charge is -2.05. The number of aliphatic carboxylic acids is 1. The number of amides is 1. The van der Waals surface area contributed by atoms with Crippen molar-refractivity contribution in [3.8, 4) is 17.4 Å². The second kappa shape index (κ2) is 10.5. The van der Waals surface area contributed by atoms with E-state index in [9.17, 15) is 9.90 Å². The van der Waals surface area contributed by atoms with Crippen LogP contribution in [0.4, 0.5) is 5.69 Å². The number of fused-ring (bicyclic) bond motifs is 1. The number of H-pyrrole nitrogens is 1. The Kier molecular flexibility index (Phi) is 7.55. The maximum Gasteiger partial charge on any atom is 0.300 e. The van der Waals surface area contributed by atoms with Gasteiger partial charge in [0.25, 0.3) is 11.9 Å². The molecule has 9 heteroatoms. The summed E-state index contributed by atoms with van der Waals surface area (Å²) in [6, 6.07) is 21.6. The number of hydrogen-bond donors (Lipinski definition) is 3. The smallest absolute Gasteiger partial charge is 0.300 e. The van der Waals surface area contributed by atoms with Crippen molar-refractivity contribution in [2.45, 2.75) is 6.92 Å². The molecule has 4 aromatic rings. The van der Waals surface area contributed by atoms with Crippen molar-refractivity contribution in [1.29, 1.82) is 0 Å². The van der Waals surface area contributed by atoms with Gasteiger partial charge in [0.1, 0.15) is 11.5 Å². The number of carbonyl (C=O) groups is 2. The summed E-state index contributed by atoms with van der Waals surface area (Å²) in [6.07, 6.45) is 0. The van der Waals surface area contributed by atoms with Crippen molar-refractivity contribution in [3.05, 3.63) is 81.9 Å². The fraction of sp³-hybridized carbons (Fsp3) is 0.0435. The standard InChI is InChI=1S/C21H14IN3O3.C2H4O2/c22-14-9-10-18-17(12-14)19(21(27)23-18)24-25-20(26)13-5-4-8-16(11-13)28-15-6-2-1-3-7-15;1-2(3)4/h1-12,23,27H;1H3,(H,3,4). The van der Waals surface area contributed by atoms with Gasteiger partial charge in [-0.15, -0.1) is 10.2 Å². The van der Waals surface area contributed by atoms with Gasteiger partial charge in [-0.05, 0) is 71.1 Å². The molecule has 3 aromatic carbocycles. The molecule has 0 spiro atoms. The van der Waals surface area contributed by atoms with Crippen LogP contribution in [-0.4, -0.2) is 27.1 Å². The molecule has 0 fully saturated rings. The Hall–Kier alpha value is -3.73. The third-order valence-electron chi connectivity index (χ3n) is 4.01. The second-order valence-corrected chi connectivity index (χ2v) is 7.72. The lowest BCUT2D eigenvalue weighted by Crippen LogP contribution is -1.94. The first-order valence-electron chi connectivity index (χ1n) is 9.32. The molecule has 162 valence electrons. The van der Waals surface area contributed by atoms with Crippen LogP contribution in [-0.2, 0) is 4.79 Å². The third-order valence-corrected chi connectivity index (χ3v) is 4.69. The number of rotatable bonds is 4. The first-order chi connectivity index (χ1) is 15.3. The molecular formula is C23H18IN3O5. The predicted molar refractivity (Wildman–Crippen MR) is 128 cm³/mol. The fourth-order valence-corrected chi connectivity index (χ4v) is 3.20. The van der Waals surface area contributed by atoms with Crippen molar-refractivity contribution in [2.24, 2.45) is 10.2 Å². The number of nitrogens with zero attached hydrogens (tertiary/aromatic N) is 2. The predicted octanol–water partition coefficient (Wildman–Crippen LogP) is 6.29. The Morgan fingerprint density at radius 3 is 2.38 bits per heavy atom. The minimum atomic E-state index is -0.833. The molecule has 0 saturated heterocycles. The van der Waals surface area contributed by atoms with E-state index in [2.05, 4.69) is 37.8 Å². The Balaban J connectivity index is 0.000000668. The molecule has 32 heavy (non-hydrogen) atoms. The molecule has 0 aliphatic carbocycles. The van der Waals surface area contributed by atoms with Gasteiger partial charge in [-0.1, -0.05) is 24.3 Å². The summed E-state index contributed by atoms with van der Waals surface area (Å²) in [5.74, 6) is -0.295. The van der Waals surface area contributed by atoms with Crippen molar-refractivity contribution in [3.63, 3.8) is 0 Å². The van der Waals surface area contributed by atoms with E-state index in [-0.39, 0.29) is 11.6 Å². The zero-order chi connectivity index (χ0) is 23.1. The molecule has 0 radical (unpaired) electrons. The fourth-order valence-electron chi connectivity index (χ4n) is 2.71. The maximum absolute atomic E-state index is 12.4. The van der Waals surface area contributed by atoms with Gasteiger partial charge >= 0.3 is 0 Å². The highest BCUT2D eigenvalue weighted by atomic mass is 127. The normalized spacial score (nSPS) is 10.6. The molecule has 0 aliphatic rings. The van der Waals surface area contributed by atoms with E-state index in [0.29, 0.717) is 22.4 Å². The number of halogens is 1. The quantitative estimate of drug-likeness (QED) is 0.206. The monoisotopic (exact) mass is 543 g/mol. The summed E-state index contributed by atoms with van der Waals surface area (Å²) >= 11 is 2.17. The first kappa shape index (κ1) is 22.9. The number of aromatic nitrogens is 1. The second-order valence-electron chi connectivity index (χ2n) is 6.48. The van der Waals surface area contributed by atoms with Gasteiger partial charge in [0, 0.05) is 21.4 Å². The topological polar surface area (TPSA) is 124 Å². The van der Waals surface area contributed by atoms with Crippen LogP contribution in [0.25, 0.3) is 10.9 Å². The number of aromatic amines is 1. The first-order valence-corrected chi connectivity index (χ1v) is 10.4. The van der Waals surface area contributed by atoms with Crippen LogP contribution in [0.3, 0.4) is 0 Å². The van der Waals surface area contributed by atoms with Crippen molar-refractivity contribution in [1.82, 2.24) is 4.98 Å². The molecule has 8 nitrogen and oxygen atoms in total. The summed E-state index contributed by atoms with van der Waals surface area (Å²) in [6.45, 7) is 1.08. The molecule has 1 heterocycles. The number of carbonyl (C=O) groups excluding carboxylic acids is 1. The lowest BCUT2D eigenvalue weighted by atomic mass is 10.2. The molecule has 0 bridgehead atoms. The average Bonchev–Trinajstić information content (AvgIpc) is 3.07. The molecule has 4 rings (SSSR count). The van der Waals surface area contributed by atoms with Crippen LogP contribution < -0.4 is 4.74 Å². The van der Waals surface area contributed by atoms with Gasteiger partial charge < -0.3 is 19.9 Å². The van der Waals surface area contributed by atoms with E-state index < -0.39 is 11.9 Å². The zero-order valence-corrected chi connectivity index (χ0v) is 19.0. The Morgan fingerprint density at radius 1 is 0.969 bits per heavy atom. The van der Waals surface area contributed by atoms with E-state index in [1.165, 1.54) is 0 Å². The molecule has 0 unspecified atom stereocenters. The van der Waals surface area contributed by atoms with Gasteiger partial charge in [-0.3, -0.25) is 9.59 Å². The summed E-state index contributed by atoms with van der Waals surface area (Å²) in [7, 11) is 0. The highest BCUT2D eigenvalue weighted by Gasteiger charge is 2.12. The molecule has 3 N–H and O–H groups in total.